The average Bonchev–Trinajstić information content (AvgIpc) is 2.58. The predicted octanol–water partition coefficient (Wildman–Crippen LogP) is -0.595. The topological polar surface area (TPSA) is 130 Å². The molecule has 0 aliphatic carbocycles. The van der Waals surface area contributed by atoms with E-state index in [4.69, 9.17) is 14.7 Å². The van der Waals surface area contributed by atoms with E-state index < -0.39 is 28.6 Å². The van der Waals surface area contributed by atoms with Gasteiger partial charge in [0, 0.05) is 6.61 Å². The van der Waals surface area contributed by atoms with E-state index in [1.54, 1.807) is 0 Å². The molecule has 8 nitrogen and oxygen atoms in total. The van der Waals surface area contributed by atoms with E-state index in [0.717, 1.165) is 0 Å². The van der Waals surface area contributed by atoms with Crippen molar-refractivity contribution in [3.63, 3.8) is 0 Å². The molecule has 1 heterocycles. The lowest BCUT2D eigenvalue weighted by molar-refractivity contribution is -0.139. The summed E-state index contributed by atoms with van der Waals surface area (Å²) in [5, 5.41) is 21.0. The molecule has 3 N–H and O–H groups in total. The number of nitrogens with one attached hydrogen (secondary N) is 1. The molecule has 102 valence electrons. The SMILES string of the molecule is Cc1noc(C)c1S(=O)(=O)NC(CCO)C(=O)O. The molecule has 0 fully saturated rings. The first-order valence-electron chi connectivity index (χ1n) is 5.08. The summed E-state index contributed by atoms with van der Waals surface area (Å²) in [6, 6.07) is -1.39. The van der Waals surface area contributed by atoms with Crippen molar-refractivity contribution in [1.82, 2.24) is 9.88 Å². The highest BCUT2D eigenvalue weighted by atomic mass is 32.2. The summed E-state index contributed by atoms with van der Waals surface area (Å²) < 4.78 is 30.6. The fourth-order valence-corrected chi connectivity index (χ4v) is 3.02. The van der Waals surface area contributed by atoms with Gasteiger partial charge in [-0.1, -0.05) is 5.16 Å². The van der Waals surface area contributed by atoms with Crippen LogP contribution in [0.3, 0.4) is 0 Å². The van der Waals surface area contributed by atoms with Crippen LogP contribution in [0, 0.1) is 13.8 Å². The molecule has 0 aliphatic heterocycles. The zero-order chi connectivity index (χ0) is 13.9. The number of nitrogens with zero attached hydrogens (tertiary/aromatic N) is 1. The lowest BCUT2D eigenvalue weighted by atomic mass is 10.2. The molecule has 1 atom stereocenters. The minimum absolute atomic E-state index is 0.0770. The fourth-order valence-electron chi connectivity index (χ4n) is 1.47. The van der Waals surface area contributed by atoms with E-state index in [1.165, 1.54) is 13.8 Å². The summed E-state index contributed by atoms with van der Waals surface area (Å²) in [6.07, 6.45) is -0.224. The minimum atomic E-state index is -4.04. The van der Waals surface area contributed by atoms with Gasteiger partial charge >= 0.3 is 5.97 Å². The van der Waals surface area contributed by atoms with Gasteiger partial charge < -0.3 is 14.7 Å². The van der Waals surface area contributed by atoms with E-state index in [2.05, 4.69) is 5.16 Å². The summed E-state index contributed by atoms with van der Waals surface area (Å²) >= 11 is 0. The summed E-state index contributed by atoms with van der Waals surface area (Å²) in [5.41, 5.74) is 0.146. The van der Waals surface area contributed by atoms with Gasteiger partial charge in [0.05, 0.1) is 0 Å². The maximum atomic E-state index is 12.0. The molecule has 0 bridgehead atoms. The number of aryl methyl sites for hydroxylation is 2. The smallest absolute Gasteiger partial charge is 0.321 e. The van der Waals surface area contributed by atoms with Crippen molar-refractivity contribution in [2.75, 3.05) is 6.61 Å². The number of aromatic nitrogens is 1. The van der Waals surface area contributed by atoms with Gasteiger partial charge in [-0.3, -0.25) is 4.79 Å². The number of carbonyl (C=O) groups is 1. The van der Waals surface area contributed by atoms with Gasteiger partial charge in [0.1, 0.15) is 16.6 Å². The molecular formula is C9H14N2O6S. The van der Waals surface area contributed by atoms with E-state index in [0.29, 0.717) is 0 Å². The van der Waals surface area contributed by atoms with Gasteiger partial charge in [0.2, 0.25) is 10.0 Å². The number of hydrogen-bond acceptors (Lipinski definition) is 6. The number of hydrogen-bond donors (Lipinski definition) is 3. The van der Waals surface area contributed by atoms with Crippen molar-refractivity contribution in [3.05, 3.63) is 11.5 Å². The number of sulfonamides is 1. The first-order chi connectivity index (χ1) is 8.29. The molecule has 0 radical (unpaired) electrons. The molecule has 9 heteroatoms. The van der Waals surface area contributed by atoms with Gasteiger partial charge in [-0.25, -0.2) is 8.42 Å². The van der Waals surface area contributed by atoms with Crippen LogP contribution in [0.4, 0.5) is 0 Å². The van der Waals surface area contributed by atoms with Crippen LogP contribution in [0.25, 0.3) is 0 Å². The lowest BCUT2D eigenvalue weighted by Crippen LogP contribution is -2.41. The Bertz CT molecular complexity index is 516. The Labute approximate surface area is 104 Å². The second-order valence-electron chi connectivity index (χ2n) is 3.68. The van der Waals surface area contributed by atoms with Gasteiger partial charge in [0.15, 0.2) is 5.76 Å². The Morgan fingerprint density at radius 2 is 2.11 bits per heavy atom. The molecule has 0 saturated heterocycles. The predicted molar refractivity (Wildman–Crippen MR) is 59.4 cm³/mol. The summed E-state index contributed by atoms with van der Waals surface area (Å²) in [4.78, 5) is 10.7. The molecule has 0 aliphatic rings. The van der Waals surface area contributed by atoms with Gasteiger partial charge in [-0.05, 0) is 20.3 Å². The van der Waals surface area contributed by atoms with E-state index in [1.807, 2.05) is 4.72 Å². The molecule has 1 aromatic heterocycles. The van der Waals surface area contributed by atoms with Crippen LogP contribution in [0.15, 0.2) is 9.42 Å². The first kappa shape index (κ1) is 14.6. The molecule has 0 aromatic carbocycles. The number of aliphatic hydroxyl groups is 1. The van der Waals surface area contributed by atoms with Crippen LogP contribution in [0.5, 0.6) is 0 Å². The third-order valence-electron chi connectivity index (χ3n) is 2.25. The van der Waals surface area contributed by atoms with Crippen LogP contribution in [0.1, 0.15) is 17.9 Å². The van der Waals surface area contributed by atoms with Crippen molar-refractivity contribution in [2.24, 2.45) is 0 Å². The monoisotopic (exact) mass is 278 g/mol. The Morgan fingerprint density at radius 3 is 2.50 bits per heavy atom. The average molecular weight is 278 g/mol. The lowest BCUT2D eigenvalue weighted by Gasteiger charge is -2.13. The van der Waals surface area contributed by atoms with E-state index in [9.17, 15) is 13.2 Å². The van der Waals surface area contributed by atoms with Crippen molar-refractivity contribution in [2.45, 2.75) is 31.2 Å². The maximum Gasteiger partial charge on any atom is 0.321 e. The largest absolute Gasteiger partial charge is 0.480 e. The van der Waals surface area contributed by atoms with Crippen molar-refractivity contribution >= 4 is 16.0 Å². The Kier molecular flexibility index (Phi) is 4.43. The Balaban J connectivity index is 3.05. The van der Waals surface area contributed by atoms with Crippen molar-refractivity contribution < 1.29 is 27.9 Å². The number of carboxylic acid groups (broad SMARTS) is 1. The summed E-state index contributed by atoms with van der Waals surface area (Å²) in [5.74, 6) is -1.28. The molecule has 18 heavy (non-hydrogen) atoms. The molecule has 0 spiro atoms. The van der Waals surface area contributed by atoms with E-state index >= 15 is 0 Å². The van der Waals surface area contributed by atoms with Crippen LogP contribution in [-0.4, -0.2) is 42.4 Å². The first-order valence-corrected chi connectivity index (χ1v) is 6.56. The van der Waals surface area contributed by atoms with E-state index in [-0.39, 0.29) is 22.8 Å². The normalized spacial score (nSPS) is 13.5. The van der Waals surface area contributed by atoms with Crippen LogP contribution >= 0.6 is 0 Å². The van der Waals surface area contributed by atoms with Crippen LogP contribution in [0.2, 0.25) is 0 Å². The zero-order valence-electron chi connectivity index (χ0n) is 9.87. The quantitative estimate of drug-likeness (QED) is 0.633. The third-order valence-corrected chi connectivity index (χ3v) is 3.97. The molecule has 1 rings (SSSR count). The fraction of sp³-hybridized carbons (Fsp3) is 0.556. The van der Waals surface area contributed by atoms with Gasteiger partial charge in [0.25, 0.3) is 0 Å². The van der Waals surface area contributed by atoms with Crippen LogP contribution < -0.4 is 4.72 Å². The number of aliphatic hydroxyl groups excluding tert-OH is 1. The highest BCUT2D eigenvalue weighted by Crippen LogP contribution is 2.19. The standard InChI is InChI=1S/C9H14N2O6S/c1-5-8(6(2)17-10-5)18(15,16)11-7(3-4-12)9(13)14/h7,11-12H,3-4H2,1-2H3,(H,13,14). The second-order valence-corrected chi connectivity index (χ2v) is 5.33. The molecular weight excluding hydrogens is 264 g/mol. The van der Waals surface area contributed by atoms with Crippen LogP contribution in [-0.2, 0) is 14.8 Å². The second kappa shape index (κ2) is 5.46. The summed E-state index contributed by atoms with van der Waals surface area (Å²) in [7, 11) is -4.04. The molecule has 0 amide bonds. The van der Waals surface area contributed by atoms with Gasteiger partial charge in [-0.15, -0.1) is 0 Å². The molecule has 1 unspecified atom stereocenters. The Hall–Kier alpha value is -1.45. The summed E-state index contributed by atoms with van der Waals surface area (Å²) in [6.45, 7) is 2.41. The highest BCUT2D eigenvalue weighted by molar-refractivity contribution is 7.89. The number of rotatable bonds is 6. The third kappa shape index (κ3) is 3.06. The van der Waals surface area contributed by atoms with Crippen molar-refractivity contribution in [1.29, 1.82) is 0 Å². The van der Waals surface area contributed by atoms with Gasteiger partial charge in [-0.2, -0.15) is 4.72 Å². The highest BCUT2D eigenvalue weighted by Gasteiger charge is 2.29. The minimum Gasteiger partial charge on any atom is -0.480 e. The van der Waals surface area contributed by atoms with Crippen molar-refractivity contribution in [3.8, 4) is 0 Å². The Morgan fingerprint density at radius 1 is 1.50 bits per heavy atom. The molecule has 0 saturated carbocycles. The zero-order valence-corrected chi connectivity index (χ0v) is 10.7. The maximum absolute atomic E-state index is 12.0. The molecule has 1 aromatic rings. The number of carboxylic acids is 1. The number of aliphatic carboxylic acids is 1.